The van der Waals surface area contributed by atoms with Gasteiger partial charge in [-0.3, -0.25) is 4.79 Å². The van der Waals surface area contributed by atoms with E-state index in [1.54, 1.807) is 24.3 Å². The van der Waals surface area contributed by atoms with Gasteiger partial charge in [0.25, 0.3) is 5.91 Å². The van der Waals surface area contributed by atoms with Crippen LogP contribution in [0, 0.1) is 0 Å². The molecule has 1 aromatic carbocycles. The van der Waals surface area contributed by atoms with Crippen LogP contribution in [0.1, 0.15) is 13.8 Å². The second-order valence-electron chi connectivity index (χ2n) is 6.98. The number of morpholine rings is 1. The molecule has 0 saturated carbocycles. The van der Waals surface area contributed by atoms with Gasteiger partial charge in [-0.2, -0.15) is 0 Å². The SMILES string of the molecule is CC1CN(c2ncc(Nc3ccc4c(c3)OCC(=O)N4C)cn2)CC(C)O1. The number of carbonyl (C=O) groups excluding carboxylic acids is 1. The van der Waals surface area contributed by atoms with Crippen LogP contribution in [0.25, 0.3) is 0 Å². The maximum absolute atomic E-state index is 11.7. The minimum absolute atomic E-state index is 0.0565. The zero-order valence-corrected chi connectivity index (χ0v) is 15.7. The van der Waals surface area contributed by atoms with Gasteiger partial charge in [0.15, 0.2) is 6.61 Å². The molecule has 4 rings (SSSR count). The van der Waals surface area contributed by atoms with E-state index >= 15 is 0 Å². The Labute approximate surface area is 158 Å². The fraction of sp³-hybridized carbons (Fsp3) is 0.421. The zero-order chi connectivity index (χ0) is 19.0. The summed E-state index contributed by atoms with van der Waals surface area (Å²) in [6.45, 7) is 5.74. The second kappa shape index (κ2) is 7.03. The molecule has 2 aromatic rings. The number of ether oxygens (including phenoxy) is 2. The summed E-state index contributed by atoms with van der Waals surface area (Å²) < 4.78 is 11.3. The summed E-state index contributed by atoms with van der Waals surface area (Å²) in [4.78, 5) is 24.4. The monoisotopic (exact) mass is 369 g/mol. The molecule has 1 saturated heterocycles. The first-order chi connectivity index (χ1) is 13.0. The van der Waals surface area contributed by atoms with E-state index in [0.29, 0.717) is 11.7 Å². The standard InChI is InChI=1S/C19H23N5O3/c1-12-9-24(10-13(2)27-12)19-20-7-15(8-21-19)22-14-4-5-16-17(6-14)26-11-18(25)23(16)3/h4-8,12-13,22H,9-11H2,1-3H3. The predicted octanol–water partition coefficient (Wildman–Crippen LogP) is 2.19. The van der Waals surface area contributed by atoms with Crippen molar-refractivity contribution in [1.82, 2.24) is 9.97 Å². The lowest BCUT2D eigenvalue weighted by Gasteiger charge is -2.35. The molecule has 27 heavy (non-hydrogen) atoms. The Hall–Kier alpha value is -2.87. The Morgan fingerprint density at radius 3 is 2.52 bits per heavy atom. The van der Waals surface area contributed by atoms with Crippen LogP contribution < -0.4 is 19.9 Å². The molecule has 2 aliphatic rings. The fourth-order valence-electron chi connectivity index (χ4n) is 3.41. The number of likely N-dealkylation sites (N-methyl/N-ethyl adjacent to an activating group) is 1. The Balaban J connectivity index is 1.47. The fourth-order valence-corrected chi connectivity index (χ4v) is 3.41. The van der Waals surface area contributed by atoms with Gasteiger partial charge < -0.3 is 24.6 Å². The average molecular weight is 369 g/mol. The molecule has 0 radical (unpaired) electrons. The van der Waals surface area contributed by atoms with Crippen molar-refractivity contribution in [3.63, 3.8) is 0 Å². The number of fused-ring (bicyclic) bond motifs is 1. The van der Waals surface area contributed by atoms with Gasteiger partial charge in [0.05, 0.1) is 36.0 Å². The summed E-state index contributed by atoms with van der Waals surface area (Å²) in [5.41, 5.74) is 2.40. The molecule has 2 atom stereocenters. The molecule has 1 aromatic heterocycles. The van der Waals surface area contributed by atoms with Gasteiger partial charge in [-0.1, -0.05) is 0 Å². The highest BCUT2D eigenvalue weighted by atomic mass is 16.5. The van der Waals surface area contributed by atoms with E-state index in [9.17, 15) is 4.79 Å². The maximum Gasteiger partial charge on any atom is 0.264 e. The Morgan fingerprint density at radius 1 is 1.11 bits per heavy atom. The van der Waals surface area contributed by atoms with E-state index in [1.807, 2.05) is 18.2 Å². The number of nitrogens with one attached hydrogen (secondary N) is 1. The first-order valence-corrected chi connectivity index (χ1v) is 9.02. The molecule has 8 nitrogen and oxygen atoms in total. The summed E-state index contributed by atoms with van der Waals surface area (Å²) >= 11 is 0. The molecule has 1 N–H and O–H groups in total. The molecule has 1 fully saturated rings. The van der Waals surface area contributed by atoms with Crippen molar-refractivity contribution in [2.75, 3.05) is 41.9 Å². The number of hydrogen-bond donors (Lipinski definition) is 1. The van der Waals surface area contributed by atoms with Gasteiger partial charge in [0.2, 0.25) is 5.95 Å². The summed E-state index contributed by atoms with van der Waals surface area (Å²) in [5.74, 6) is 1.33. The zero-order valence-electron chi connectivity index (χ0n) is 15.7. The first kappa shape index (κ1) is 17.5. The molecule has 3 heterocycles. The van der Waals surface area contributed by atoms with Gasteiger partial charge >= 0.3 is 0 Å². The van der Waals surface area contributed by atoms with Crippen LogP contribution in [-0.2, 0) is 9.53 Å². The van der Waals surface area contributed by atoms with Gasteiger partial charge in [-0.15, -0.1) is 0 Å². The van der Waals surface area contributed by atoms with Crippen molar-refractivity contribution in [2.45, 2.75) is 26.1 Å². The molecular formula is C19H23N5O3. The third kappa shape index (κ3) is 3.66. The lowest BCUT2D eigenvalue weighted by Crippen LogP contribution is -2.46. The number of aromatic nitrogens is 2. The quantitative estimate of drug-likeness (QED) is 0.888. The minimum Gasteiger partial charge on any atom is -0.481 e. The molecule has 0 bridgehead atoms. The van der Waals surface area contributed by atoms with E-state index in [0.717, 1.165) is 30.2 Å². The Bertz CT molecular complexity index is 832. The first-order valence-electron chi connectivity index (χ1n) is 9.02. The number of benzene rings is 1. The molecule has 8 heteroatoms. The van der Waals surface area contributed by atoms with E-state index in [1.165, 1.54) is 0 Å². The van der Waals surface area contributed by atoms with E-state index in [4.69, 9.17) is 9.47 Å². The number of nitrogens with zero attached hydrogens (tertiary/aromatic N) is 4. The molecule has 0 aliphatic carbocycles. The summed E-state index contributed by atoms with van der Waals surface area (Å²) in [7, 11) is 1.75. The highest BCUT2D eigenvalue weighted by molar-refractivity contribution is 5.97. The van der Waals surface area contributed by atoms with Crippen LogP contribution >= 0.6 is 0 Å². The number of hydrogen-bond acceptors (Lipinski definition) is 7. The van der Waals surface area contributed by atoms with Crippen LogP contribution in [0.2, 0.25) is 0 Å². The topological polar surface area (TPSA) is 79.8 Å². The van der Waals surface area contributed by atoms with Crippen LogP contribution in [0.15, 0.2) is 30.6 Å². The Morgan fingerprint density at radius 2 is 1.81 bits per heavy atom. The summed E-state index contributed by atoms with van der Waals surface area (Å²) in [5, 5.41) is 3.28. The normalized spacial score (nSPS) is 22.3. The van der Waals surface area contributed by atoms with Crippen LogP contribution in [0.5, 0.6) is 5.75 Å². The lowest BCUT2D eigenvalue weighted by molar-refractivity contribution is -0.120. The molecule has 2 aliphatic heterocycles. The molecule has 142 valence electrons. The number of carbonyl (C=O) groups is 1. The summed E-state index contributed by atoms with van der Waals surface area (Å²) in [6.07, 6.45) is 3.86. The van der Waals surface area contributed by atoms with E-state index in [-0.39, 0.29) is 24.7 Å². The van der Waals surface area contributed by atoms with E-state index < -0.39 is 0 Å². The Kier molecular flexibility index (Phi) is 4.57. The number of amides is 1. The lowest BCUT2D eigenvalue weighted by atomic mass is 10.2. The molecule has 0 spiro atoms. The third-order valence-corrected chi connectivity index (χ3v) is 4.68. The number of anilines is 4. The maximum atomic E-state index is 11.7. The second-order valence-corrected chi connectivity index (χ2v) is 6.98. The third-order valence-electron chi connectivity index (χ3n) is 4.68. The smallest absolute Gasteiger partial charge is 0.264 e. The van der Waals surface area contributed by atoms with Crippen molar-refractivity contribution in [1.29, 1.82) is 0 Å². The van der Waals surface area contributed by atoms with Crippen LogP contribution in [-0.4, -0.2) is 54.8 Å². The van der Waals surface area contributed by atoms with Crippen molar-refractivity contribution in [2.24, 2.45) is 0 Å². The van der Waals surface area contributed by atoms with Crippen molar-refractivity contribution < 1.29 is 14.3 Å². The van der Waals surface area contributed by atoms with Crippen molar-refractivity contribution in [3.8, 4) is 5.75 Å². The van der Waals surface area contributed by atoms with Gasteiger partial charge in [0, 0.05) is 31.9 Å². The average Bonchev–Trinajstić information content (AvgIpc) is 2.65. The van der Waals surface area contributed by atoms with Crippen LogP contribution in [0.4, 0.5) is 23.0 Å². The van der Waals surface area contributed by atoms with Crippen molar-refractivity contribution >= 4 is 28.9 Å². The highest BCUT2D eigenvalue weighted by Crippen LogP contribution is 2.34. The molecule has 1 amide bonds. The van der Waals surface area contributed by atoms with Gasteiger partial charge in [-0.25, -0.2) is 9.97 Å². The largest absolute Gasteiger partial charge is 0.481 e. The highest BCUT2D eigenvalue weighted by Gasteiger charge is 2.24. The minimum atomic E-state index is -0.0565. The summed E-state index contributed by atoms with van der Waals surface area (Å²) in [6, 6.07) is 5.63. The van der Waals surface area contributed by atoms with Gasteiger partial charge in [0.1, 0.15) is 5.75 Å². The molecule has 2 unspecified atom stereocenters. The van der Waals surface area contributed by atoms with Crippen LogP contribution in [0.3, 0.4) is 0 Å². The van der Waals surface area contributed by atoms with Crippen molar-refractivity contribution in [3.05, 3.63) is 30.6 Å². The van der Waals surface area contributed by atoms with E-state index in [2.05, 4.69) is 34.0 Å². The van der Waals surface area contributed by atoms with Gasteiger partial charge in [-0.05, 0) is 26.0 Å². The predicted molar refractivity (Wildman–Crippen MR) is 103 cm³/mol. The number of rotatable bonds is 3. The molecular weight excluding hydrogens is 346 g/mol.